The highest BCUT2D eigenvalue weighted by Crippen LogP contribution is 2.26. The first-order valence-electron chi connectivity index (χ1n) is 9.04. The van der Waals surface area contributed by atoms with E-state index < -0.39 is 23.2 Å². The molecule has 1 atom stereocenters. The van der Waals surface area contributed by atoms with Crippen LogP contribution in [0.15, 0.2) is 42.5 Å². The lowest BCUT2D eigenvalue weighted by Gasteiger charge is -2.21. The van der Waals surface area contributed by atoms with Crippen molar-refractivity contribution in [3.05, 3.63) is 64.6 Å². The van der Waals surface area contributed by atoms with Gasteiger partial charge in [0, 0.05) is 29.9 Å². The van der Waals surface area contributed by atoms with Crippen molar-refractivity contribution in [1.82, 2.24) is 20.4 Å². The third-order valence-electron chi connectivity index (χ3n) is 5.03. The van der Waals surface area contributed by atoms with Crippen molar-refractivity contribution >= 4 is 34.3 Å². The number of carbonyl (C=O) groups is 2. The van der Waals surface area contributed by atoms with E-state index in [1.807, 2.05) is 24.3 Å². The molecule has 1 aliphatic heterocycles. The first kappa shape index (κ1) is 19.4. The average molecular weight is 417 g/mol. The monoisotopic (exact) mass is 416 g/mol. The smallest absolute Gasteiger partial charge is 0.264 e. The molecule has 0 bridgehead atoms. The second kappa shape index (κ2) is 7.46. The Balaban J connectivity index is 1.44. The van der Waals surface area contributed by atoms with E-state index in [-0.39, 0.29) is 31.1 Å². The highest BCUT2D eigenvalue weighted by atomic mass is 35.5. The number of H-pyrrole nitrogens is 1. The topological polar surface area (TPSA) is 98.3 Å². The van der Waals surface area contributed by atoms with E-state index in [9.17, 15) is 19.1 Å². The number of aromatic amines is 1. The minimum Gasteiger partial charge on any atom is -0.372 e. The third-order valence-corrected chi connectivity index (χ3v) is 5.24. The van der Waals surface area contributed by atoms with Gasteiger partial charge in [0.15, 0.2) is 0 Å². The van der Waals surface area contributed by atoms with Gasteiger partial charge < -0.3 is 15.3 Å². The highest BCUT2D eigenvalue weighted by Gasteiger charge is 2.51. The summed E-state index contributed by atoms with van der Waals surface area (Å²) in [6, 6.07) is 11.4. The van der Waals surface area contributed by atoms with E-state index in [1.54, 1.807) is 0 Å². The molecule has 0 spiro atoms. The van der Waals surface area contributed by atoms with Crippen LogP contribution in [0.5, 0.6) is 0 Å². The van der Waals surface area contributed by atoms with Crippen LogP contribution in [-0.4, -0.2) is 44.2 Å². The Morgan fingerprint density at radius 2 is 2.14 bits per heavy atom. The number of nitrogens with zero attached hydrogens (tertiary/aromatic N) is 2. The first-order chi connectivity index (χ1) is 13.9. The SMILES string of the molecule is O=C(NCc1cc(F)cc(Cl)c1)C1(O)CCN(Cc2n[nH]c3ccccc23)C1=O. The number of amides is 2. The van der Waals surface area contributed by atoms with Crippen molar-refractivity contribution in [2.24, 2.45) is 0 Å². The summed E-state index contributed by atoms with van der Waals surface area (Å²) in [7, 11) is 0. The van der Waals surface area contributed by atoms with Crippen LogP contribution in [0.25, 0.3) is 10.9 Å². The van der Waals surface area contributed by atoms with Gasteiger partial charge in [0.25, 0.3) is 11.8 Å². The van der Waals surface area contributed by atoms with Gasteiger partial charge in [-0.3, -0.25) is 14.7 Å². The number of halogens is 2. The molecule has 3 N–H and O–H groups in total. The quantitative estimate of drug-likeness (QED) is 0.555. The maximum atomic E-state index is 13.4. The summed E-state index contributed by atoms with van der Waals surface area (Å²) in [5.41, 5.74) is -0.232. The van der Waals surface area contributed by atoms with Gasteiger partial charge in [-0.2, -0.15) is 5.10 Å². The Morgan fingerprint density at radius 1 is 1.34 bits per heavy atom. The van der Waals surface area contributed by atoms with Gasteiger partial charge in [-0.25, -0.2) is 4.39 Å². The van der Waals surface area contributed by atoms with E-state index in [4.69, 9.17) is 11.6 Å². The minimum absolute atomic E-state index is 0.0378. The molecular weight excluding hydrogens is 399 g/mol. The molecule has 3 aromatic rings. The minimum atomic E-state index is -2.16. The van der Waals surface area contributed by atoms with Crippen LogP contribution < -0.4 is 5.32 Å². The molecule has 7 nitrogen and oxygen atoms in total. The fourth-order valence-corrected chi connectivity index (χ4v) is 3.74. The molecule has 9 heteroatoms. The Bertz CT molecular complexity index is 1080. The van der Waals surface area contributed by atoms with E-state index in [2.05, 4.69) is 15.5 Å². The number of likely N-dealkylation sites (tertiary alicyclic amines) is 1. The van der Waals surface area contributed by atoms with Crippen LogP contribution in [0.1, 0.15) is 17.7 Å². The van der Waals surface area contributed by atoms with Crippen molar-refractivity contribution in [2.45, 2.75) is 25.1 Å². The average Bonchev–Trinajstić information content (AvgIpc) is 3.23. The third kappa shape index (κ3) is 3.68. The fraction of sp³-hybridized carbons (Fsp3) is 0.250. The second-order valence-corrected chi connectivity index (χ2v) is 7.45. The maximum Gasteiger partial charge on any atom is 0.264 e. The maximum absolute atomic E-state index is 13.4. The fourth-order valence-electron chi connectivity index (χ4n) is 3.49. The number of hydrogen-bond donors (Lipinski definition) is 3. The molecule has 1 unspecified atom stereocenters. The van der Waals surface area contributed by atoms with Gasteiger partial charge in [-0.05, 0) is 29.8 Å². The molecule has 1 fully saturated rings. The number of fused-ring (bicyclic) bond motifs is 1. The molecule has 1 aliphatic rings. The van der Waals surface area contributed by atoms with Crippen molar-refractivity contribution in [3.63, 3.8) is 0 Å². The number of carbonyl (C=O) groups excluding carboxylic acids is 2. The normalized spacial score (nSPS) is 19.1. The Kier molecular flexibility index (Phi) is 4.97. The molecule has 0 aliphatic carbocycles. The predicted molar refractivity (Wildman–Crippen MR) is 104 cm³/mol. The molecule has 2 amide bonds. The van der Waals surface area contributed by atoms with E-state index >= 15 is 0 Å². The van der Waals surface area contributed by atoms with Gasteiger partial charge in [-0.15, -0.1) is 0 Å². The van der Waals surface area contributed by atoms with E-state index in [0.29, 0.717) is 11.3 Å². The van der Waals surface area contributed by atoms with Crippen LogP contribution in [-0.2, 0) is 22.7 Å². The van der Waals surface area contributed by atoms with Crippen molar-refractivity contribution in [3.8, 4) is 0 Å². The number of hydrogen-bond acceptors (Lipinski definition) is 4. The number of rotatable bonds is 5. The van der Waals surface area contributed by atoms with Crippen LogP contribution in [0.3, 0.4) is 0 Å². The Hall–Kier alpha value is -2.97. The lowest BCUT2D eigenvalue weighted by Crippen LogP contribution is -2.52. The molecule has 1 saturated heterocycles. The second-order valence-electron chi connectivity index (χ2n) is 7.01. The highest BCUT2D eigenvalue weighted by molar-refractivity contribution is 6.30. The van der Waals surface area contributed by atoms with Crippen LogP contribution >= 0.6 is 11.6 Å². The standard InChI is InChI=1S/C20H18ClFN4O3/c21-13-7-12(8-14(22)9-13)10-23-18(27)20(29)5-6-26(19(20)28)11-17-15-3-1-2-4-16(15)24-25-17/h1-4,7-9,29H,5-6,10-11H2,(H,23,27)(H,24,25). The molecule has 1 aromatic heterocycles. The molecule has 2 aromatic carbocycles. The summed E-state index contributed by atoms with van der Waals surface area (Å²) >= 11 is 5.80. The van der Waals surface area contributed by atoms with Crippen LogP contribution in [0, 0.1) is 5.82 Å². The summed E-state index contributed by atoms with van der Waals surface area (Å²) in [5.74, 6) is -2.04. The van der Waals surface area contributed by atoms with Gasteiger partial charge in [-0.1, -0.05) is 29.8 Å². The molecule has 29 heavy (non-hydrogen) atoms. The van der Waals surface area contributed by atoms with Gasteiger partial charge >= 0.3 is 0 Å². The van der Waals surface area contributed by atoms with Gasteiger partial charge in [0.2, 0.25) is 5.60 Å². The molecule has 0 radical (unpaired) electrons. The number of para-hydroxylation sites is 1. The summed E-state index contributed by atoms with van der Waals surface area (Å²) in [4.78, 5) is 26.7. The molecule has 2 heterocycles. The summed E-state index contributed by atoms with van der Waals surface area (Å²) in [6.45, 7) is 0.337. The van der Waals surface area contributed by atoms with E-state index in [0.717, 1.165) is 17.0 Å². The lowest BCUT2D eigenvalue weighted by atomic mass is 10.0. The van der Waals surface area contributed by atoms with Crippen LogP contribution in [0.4, 0.5) is 4.39 Å². The zero-order chi connectivity index (χ0) is 20.6. The van der Waals surface area contributed by atoms with Crippen molar-refractivity contribution in [1.29, 1.82) is 0 Å². The predicted octanol–water partition coefficient (Wildman–Crippen LogP) is 2.14. The van der Waals surface area contributed by atoms with E-state index in [1.165, 1.54) is 17.0 Å². The van der Waals surface area contributed by atoms with Crippen molar-refractivity contribution in [2.75, 3.05) is 6.54 Å². The number of aliphatic hydroxyl groups is 1. The first-order valence-corrected chi connectivity index (χ1v) is 9.41. The number of nitrogens with one attached hydrogen (secondary N) is 2. The van der Waals surface area contributed by atoms with Gasteiger partial charge in [0.1, 0.15) is 5.82 Å². The number of aromatic nitrogens is 2. The molecule has 4 rings (SSSR count). The molecule has 150 valence electrons. The zero-order valence-corrected chi connectivity index (χ0v) is 16.0. The molecule has 0 saturated carbocycles. The lowest BCUT2D eigenvalue weighted by molar-refractivity contribution is -0.154. The number of benzene rings is 2. The Morgan fingerprint density at radius 3 is 2.93 bits per heavy atom. The largest absolute Gasteiger partial charge is 0.372 e. The summed E-state index contributed by atoms with van der Waals surface area (Å²) < 4.78 is 13.4. The molecular formula is C20H18ClFN4O3. The zero-order valence-electron chi connectivity index (χ0n) is 15.3. The van der Waals surface area contributed by atoms with Gasteiger partial charge in [0.05, 0.1) is 17.8 Å². The van der Waals surface area contributed by atoms with Crippen LogP contribution in [0.2, 0.25) is 5.02 Å². The summed E-state index contributed by atoms with van der Waals surface area (Å²) in [6.07, 6.45) is -0.0378. The van der Waals surface area contributed by atoms with Crippen molar-refractivity contribution < 1.29 is 19.1 Å². The Labute approximate surface area is 170 Å². The summed E-state index contributed by atoms with van der Waals surface area (Å²) in [5, 5.41) is 21.4.